The van der Waals surface area contributed by atoms with Crippen molar-refractivity contribution in [1.82, 2.24) is 10.3 Å². The third-order valence-corrected chi connectivity index (χ3v) is 4.74. The number of aliphatic imine (C=N–C) groups is 1. The summed E-state index contributed by atoms with van der Waals surface area (Å²) in [4.78, 5) is 20.3. The molecule has 0 aromatic carbocycles. The van der Waals surface area contributed by atoms with E-state index in [2.05, 4.69) is 15.3 Å². The molecule has 1 aromatic heterocycles. The van der Waals surface area contributed by atoms with Gasteiger partial charge in [-0.2, -0.15) is 10.3 Å². The number of nitrogens with one attached hydrogen (secondary N) is 1. The topological polar surface area (TPSA) is 113 Å². The maximum absolute atomic E-state index is 14.2. The summed E-state index contributed by atoms with van der Waals surface area (Å²) >= 11 is 0. The van der Waals surface area contributed by atoms with Crippen molar-refractivity contribution < 1.29 is 13.9 Å². The van der Waals surface area contributed by atoms with E-state index in [-0.39, 0.29) is 23.8 Å². The highest BCUT2D eigenvalue weighted by atomic mass is 19.1. The van der Waals surface area contributed by atoms with Gasteiger partial charge >= 0.3 is 0 Å². The standard InChI is InChI=1S/C21H22FN5O2/c1-13-4-2-3-5-19(13)29-21(24)27-18-10-15(7-8-16(18)22)26-20(28)17-9-6-14(11-23)12-25-17/h6,8-10,12,15H,2-5,7H2,1H3,(H2,24,27)(H,26,28). The van der Waals surface area contributed by atoms with E-state index in [9.17, 15) is 9.18 Å². The summed E-state index contributed by atoms with van der Waals surface area (Å²) in [5.41, 5.74) is 7.53. The maximum atomic E-state index is 14.2. The highest BCUT2D eigenvalue weighted by Crippen LogP contribution is 2.26. The summed E-state index contributed by atoms with van der Waals surface area (Å²) in [5.74, 6) is -0.162. The second-order valence-electron chi connectivity index (χ2n) is 6.93. The fourth-order valence-electron chi connectivity index (χ4n) is 3.14. The van der Waals surface area contributed by atoms with E-state index in [4.69, 9.17) is 15.7 Å². The number of carbonyl (C=O) groups excluding carboxylic acids is 1. The summed E-state index contributed by atoms with van der Waals surface area (Å²) in [7, 11) is 0. The number of halogens is 1. The average molecular weight is 395 g/mol. The first-order chi connectivity index (χ1) is 14.0. The third kappa shape index (κ3) is 5.29. The Hall–Kier alpha value is -3.47. The highest BCUT2D eigenvalue weighted by molar-refractivity contribution is 5.92. The van der Waals surface area contributed by atoms with Gasteiger partial charge < -0.3 is 15.8 Å². The lowest BCUT2D eigenvalue weighted by atomic mass is 9.99. The Morgan fingerprint density at radius 1 is 1.41 bits per heavy atom. The van der Waals surface area contributed by atoms with Gasteiger partial charge in [-0.1, -0.05) is 0 Å². The van der Waals surface area contributed by atoms with E-state index in [1.807, 2.05) is 13.0 Å². The molecule has 0 fully saturated rings. The molecule has 3 rings (SSSR count). The number of pyridine rings is 1. The van der Waals surface area contributed by atoms with Crippen molar-refractivity contribution in [3.63, 3.8) is 0 Å². The van der Waals surface area contributed by atoms with Gasteiger partial charge in [0.1, 0.15) is 29.0 Å². The number of aromatic nitrogens is 1. The molecule has 1 aromatic rings. The molecule has 2 aliphatic carbocycles. The van der Waals surface area contributed by atoms with Crippen LogP contribution in [0, 0.1) is 11.3 Å². The number of nitrogens with two attached hydrogens (primary N) is 1. The van der Waals surface area contributed by atoms with Gasteiger partial charge in [-0.25, -0.2) is 9.37 Å². The van der Waals surface area contributed by atoms with Gasteiger partial charge in [-0.05, 0) is 62.5 Å². The van der Waals surface area contributed by atoms with Crippen LogP contribution in [-0.4, -0.2) is 23.0 Å². The van der Waals surface area contributed by atoms with Gasteiger partial charge in [-0.15, -0.1) is 0 Å². The Kier molecular flexibility index (Phi) is 6.39. The fraction of sp³-hybridized carbons (Fsp3) is 0.333. The van der Waals surface area contributed by atoms with Crippen molar-refractivity contribution in [3.8, 4) is 6.07 Å². The molecular formula is C21H22FN5O2. The molecule has 0 bridgehead atoms. The summed E-state index contributed by atoms with van der Waals surface area (Å²) < 4.78 is 19.8. The molecule has 3 N–H and O–H groups in total. The monoisotopic (exact) mass is 395 g/mol. The molecule has 0 aliphatic heterocycles. The lowest BCUT2D eigenvalue weighted by Crippen LogP contribution is -2.35. The van der Waals surface area contributed by atoms with Gasteiger partial charge in [0.2, 0.25) is 0 Å². The number of amidine groups is 1. The average Bonchev–Trinajstić information content (AvgIpc) is 2.72. The maximum Gasteiger partial charge on any atom is 0.292 e. The number of hydrogen-bond acceptors (Lipinski definition) is 5. The molecule has 2 aliphatic rings. The minimum atomic E-state index is -0.520. The van der Waals surface area contributed by atoms with Crippen LogP contribution in [-0.2, 0) is 4.74 Å². The minimum absolute atomic E-state index is 0.0147. The number of nitriles is 1. The lowest BCUT2D eigenvalue weighted by Gasteiger charge is -2.19. The molecule has 0 radical (unpaired) electrons. The summed E-state index contributed by atoms with van der Waals surface area (Å²) in [5, 5.41) is 11.5. The van der Waals surface area contributed by atoms with Crippen LogP contribution in [0.5, 0.6) is 0 Å². The Morgan fingerprint density at radius 3 is 2.90 bits per heavy atom. The van der Waals surface area contributed by atoms with Crippen molar-refractivity contribution in [3.05, 3.63) is 64.6 Å². The van der Waals surface area contributed by atoms with Crippen molar-refractivity contribution in [2.75, 3.05) is 0 Å². The van der Waals surface area contributed by atoms with Crippen LogP contribution in [0.2, 0.25) is 0 Å². The first-order valence-electron chi connectivity index (χ1n) is 9.41. The highest BCUT2D eigenvalue weighted by Gasteiger charge is 2.20. The Morgan fingerprint density at radius 2 is 2.21 bits per heavy atom. The van der Waals surface area contributed by atoms with E-state index >= 15 is 0 Å². The van der Waals surface area contributed by atoms with E-state index in [1.165, 1.54) is 30.5 Å². The molecule has 1 heterocycles. The predicted octanol–water partition coefficient (Wildman–Crippen LogP) is 3.37. The molecule has 29 heavy (non-hydrogen) atoms. The molecule has 1 amide bonds. The first-order valence-corrected chi connectivity index (χ1v) is 9.41. The first kappa shape index (κ1) is 20.3. The second-order valence-corrected chi connectivity index (χ2v) is 6.93. The van der Waals surface area contributed by atoms with E-state index < -0.39 is 17.8 Å². The molecule has 7 nitrogen and oxygen atoms in total. The lowest BCUT2D eigenvalue weighted by molar-refractivity contribution is 0.0939. The number of allylic oxidation sites excluding steroid dienone is 3. The van der Waals surface area contributed by atoms with Crippen LogP contribution in [0.25, 0.3) is 0 Å². The molecule has 0 saturated carbocycles. The molecule has 1 atom stereocenters. The van der Waals surface area contributed by atoms with Gasteiger partial charge in [0.05, 0.1) is 11.6 Å². The normalized spacial score (nSPS) is 19.8. The van der Waals surface area contributed by atoms with Gasteiger partial charge in [0.15, 0.2) is 0 Å². The van der Waals surface area contributed by atoms with E-state index in [0.29, 0.717) is 5.56 Å². The van der Waals surface area contributed by atoms with Gasteiger partial charge in [0.25, 0.3) is 11.9 Å². The molecule has 8 heteroatoms. The zero-order valence-corrected chi connectivity index (χ0v) is 16.1. The van der Waals surface area contributed by atoms with Crippen LogP contribution >= 0.6 is 0 Å². The van der Waals surface area contributed by atoms with Crippen LogP contribution < -0.4 is 11.1 Å². The van der Waals surface area contributed by atoms with Crippen molar-refractivity contribution in [2.45, 2.75) is 45.1 Å². The minimum Gasteiger partial charge on any atom is -0.431 e. The van der Waals surface area contributed by atoms with Crippen molar-refractivity contribution in [2.24, 2.45) is 10.7 Å². The zero-order valence-electron chi connectivity index (χ0n) is 16.1. The van der Waals surface area contributed by atoms with Gasteiger partial charge in [0, 0.05) is 12.6 Å². The number of ether oxygens (including phenoxy) is 1. The quantitative estimate of drug-likeness (QED) is 0.599. The van der Waals surface area contributed by atoms with E-state index in [0.717, 1.165) is 37.0 Å². The number of rotatable bonds is 4. The van der Waals surface area contributed by atoms with Gasteiger partial charge in [-0.3, -0.25) is 4.79 Å². The second kappa shape index (κ2) is 9.15. The third-order valence-electron chi connectivity index (χ3n) is 4.74. The molecule has 0 spiro atoms. The van der Waals surface area contributed by atoms with Crippen LogP contribution in [0.1, 0.15) is 55.1 Å². The number of nitrogens with zero attached hydrogens (tertiary/aromatic N) is 3. The van der Waals surface area contributed by atoms with Crippen LogP contribution in [0.3, 0.4) is 0 Å². The van der Waals surface area contributed by atoms with Crippen molar-refractivity contribution in [1.29, 1.82) is 5.26 Å². The summed E-state index contributed by atoms with van der Waals surface area (Å²) in [6.07, 6.45) is 8.32. The van der Waals surface area contributed by atoms with E-state index in [1.54, 1.807) is 0 Å². The number of hydrogen-bond donors (Lipinski definition) is 2. The Labute approximate surface area is 168 Å². The Bertz CT molecular complexity index is 954. The van der Waals surface area contributed by atoms with Crippen LogP contribution in [0.4, 0.5) is 4.39 Å². The summed E-state index contributed by atoms with van der Waals surface area (Å²) in [6.45, 7) is 1.99. The Balaban J connectivity index is 1.69. The summed E-state index contributed by atoms with van der Waals surface area (Å²) in [6, 6.07) is 4.31. The number of amides is 1. The molecule has 0 saturated heterocycles. The molecular weight excluding hydrogens is 373 g/mol. The predicted molar refractivity (Wildman–Crippen MR) is 106 cm³/mol. The van der Waals surface area contributed by atoms with Crippen LogP contribution in [0.15, 0.2) is 58.3 Å². The largest absolute Gasteiger partial charge is 0.431 e. The fourth-order valence-corrected chi connectivity index (χ4v) is 3.14. The zero-order chi connectivity index (χ0) is 20.8. The molecule has 150 valence electrons. The molecule has 1 unspecified atom stereocenters. The smallest absolute Gasteiger partial charge is 0.292 e. The number of carbonyl (C=O) groups is 1. The SMILES string of the molecule is CC1=C(O/C(N)=N\C2=CC(NC(=O)c3ccc(C#N)cn3)CC=C2F)CCCC1. The van der Waals surface area contributed by atoms with Crippen molar-refractivity contribution >= 4 is 11.9 Å².